The van der Waals surface area contributed by atoms with E-state index in [-0.39, 0.29) is 12.5 Å². The highest BCUT2D eigenvalue weighted by Crippen LogP contribution is 2.21. The highest BCUT2D eigenvalue weighted by atomic mass is 16.5. The number of ether oxygens (including phenoxy) is 1. The van der Waals surface area contributed by atoms with Crippen LogP contribution in [0.5, 0.6) is 5.75 Å². The second-order valence-corrected chi connectivity index (χ2v) is 5.37. The zero-order valence-corrected chi connectivity index (χ0v) is 13.4. The first-order valence-corrected chi connectivity index (χ1v) is 7.49. The second-order valence-electron chi connectivity index (χ2n) is 5.37. The minimum absolute atomic E-state index is 0.0618. The van der Waals surface area contributed by atoms with Crippen LogP contribution >= 0.6 is 0 Å². The monoisotopic (exact) mass is 323 g/mol. The number of amides is 1. The van der Waals surface area contributed by atoms with E-state index in [0.29, 0.717) is 11.6 Å². The highest BCUT2D eigenvalue weighted by Gasteiger charge is 2.09. The van der Waals surface area contributed by atoms with Gasteiger partial charge in [0.2, 0.25) is 12.3 Å². The molecule has 1 heterocycles. The molecular weight excluding hydrogens is 306 g/mol. The molecule has 6 heteroatoms. The maximum Gasteiger partial charge on any atom is 0.262 e. The Hall–Kier alpha value is -3.15. The van der Waals surface area contributed by atoms with E-state index < -0.39 is 0 Å². The minimum Gasteiger partial charge on any atom is -0.484 e. The van der Waals surface area contributed by atoms with Crippen molar-refractivity contribution in [3.63, 3.8) is 0 Å². The van der Waals surface area contributed by atoms with Crippen LogP contribution in [0.4, 0.5) is 5.69 Å². The zero-order chi connectivity index (χ0) is 16.9. The standard InChI is InChI=1S/C18H17N3O3/c1-12-4-3-5-13(2)17(12)20-16(22)10-23-15-8-6-14(7-9-15)18-21-19-11-24-18/h3-9,11H,10H2,1-2H3,(H,20,22). The Morgan fingerprint density at radius 2 is 1.83 bits per heavy atom. The molecule has 0 spiro atoms. The number of hydrogen-bond acceptors (Lipinski definition) is 5. The van der Waals surface area contributed by atoms with Gasteiger partial charge in [0, 0.05) is 11.3 Å². The molecule has 0 atom stereocenters. The molecule has 6 nitrogen and oxygen atoms in total. The van der Waals surface area contributed by atoms with Crippen LogP contribution < -0.4 is 10.1 Å². The van der Waals surface area contributed by atoms with E-state index in [2.05, 4.69) is 15.5 Å². The van der Waals surface area contributed by atoms with Gasteiger partial charge in [-0.15, -0.1) is 10.2 Å². The molecule has 1 N–H and O–H groups in total. The summed E-state index contributed by atoms with van der Waals surface area (Å²) in [5.74, 6) is 0.831. The molecule has 0 aliphatic rings. The fourth-order valence-corrected chi connectivity index (χ4v) is 2.33. The molecule has 24 heavy (non-hydrogen) atoms. The van der Waals surface area contributed by atoms with Crippen molar-refractivity contribution in [3.05, 3.63) is 60.0 Å². The van der Waals surface area contributed by atoms with Gasteiger partial charge in [-0.05, 0) is 49.2 Å². The van der Waals surface area contributed by atoms with Crippen molar-refractivity contribution in [1.82, 2.24) is 10.2 Å². The Balaban J connectivity index is 1.58. The molecule has 1 aromatic heterocycles. The summed E-state index contributed by atoms with van der Waals surface area (Å²) < 4.78 is 10.6. The van der Waals surface area contributed by atoms with E-state index >= 15 is 0 Å². The zero-order valence-electron chi connectivity index (χ0n) is 13.4. The molecule has 3 rings (SSSR count). The summed E-state index contributed by atoms with van der Waals surface area (Å²) >= 11 is 0. The maximum atomic E-state index is 12.1. The van der Waals surface area contributed by atoms with E-state index in [4.69, 9.17) is 9.15 Å². The van der Waals surface area contributed by atoms with Gasteiger partial charge in [-0.2, -0.15) is 0 Å². The summed E-state index contributed by atoms with van der Waals surface area (Å²) in [5, 5.41) is 10.4. The van der Waals surface area contributed by atoms with Gasteiger partial charge < -0.3 is 14.5 Å². The van der Waals surface area contributed by atoms with Crippen molar-refractivity contribution in [2.75, 3.05) is 11.9 Å². The number of nitrogens with one attached hydrogen (secondary N) is 1. The number of rotatable bonds is 5. The number of carbonyl (C=O) groups excluding carboxylic acids is 1. The molecule has 122 valence electrons. The summed E-state index contributed by atoms with van der Waals surface area (Å²) in [7, 11) is 0. The summed E-state index contributed by atoms with van der Waals surface area (Å²) in [5.41, 5.74) is 3.66. The molecule has 0 unspecified atom stereocenters. The van der Waals surface area contributed by atoms with Crippen LogP contribution in [0.1, 0.15) is 11.1 Å². The van der Waals surface area contributed by atoms with Gasteiger partial charge in [-0.1, -0.05) is 18.2 Å². The van der Waals surface area contributed by atoms with E-state index in [0.717, 1.165) is 22.4 Å². The average molecular weight is 323 g/mol. The number of benzene rings is 2. The normalized spacial score (nSPS) is 10.4. The number of aryl methyl sites for hydroxylation is 2. The van der Waals surface area contributed by atoms with Crippen LogP contribution in [0.25, 0.3) is 11.5 Å². The van der Waals surface area contributed by atoms with E-state index in [9.17, 15) is 4.79 Å². The van der Waals surface area contributed by atoms with Gasteiger partial charge in [0.25, 0.3) is 5.91 Å². The van der Waals surface area contributed by atoms with Crippen molar-refractivity contribution < 1.29 is 13.9 Å². The molecule has 0 fully saturated rings. The van der Waals surface area contributed by atoms with Gasteiger partial charge in [0.15, 0.2) is 6.61 Å². The molecule has 0 saturated heterocycles. The molecule has 0 aliphatic carbocycles. The smallest absolute Gasteiger partial charge is 0.262 e. The SMILES string of the molecule is Cc1cccc(C)c1NC(=O)COc1ccc(-c2nnco2)cc1. The predicted molar refractivity (Wildman–Crippen MR) is 89.8 cm³/mol. The number of carbonyl (C=O) groups is 1. The van der Waals surface area contributed by atoms with Crippen LogP contribution in [-0.4, -0.2) is 22.7 Å². The van der Waals surface area contributed by atoms with E-state index in [1.807, 2.05) is 32.0 Å². The summed E-state index contributed by atoms with van der Waals surface area (Å²) in [6.45, 7) is 3.85. The van der Waals surface area contributed by atoms with Crippen molar-refractivity contribution in [2.24, 2.45) is 0 Å². The molecule has 0 bridgehead atoms. The minimum atomic E-state index is -0.201. The lowest BCUT2D eigenvalue weighted by molar-refractivity contribution is -0.118. The van der Waals surface area contributed by atoms with Crippen LogP contribution in [0, 0.1) is 13.8 Å². The summed E-state index contributed by atoms with van der Waals surface area (Å²) in [6.07, 6.45) is 1.28. The van der Waals surface area contributed by atoms with Gasteiger partial charge in [-0.25, -0.2) is 0 Å². The van der Waals surface area contributed by atoms with Crippen molar-refractivity contribution >= 4 is 11.6 Å². The number of para-hydroxylation sites is 1. The summed E-state index contributed by atoms with van der Waals surface area (Å²) in [4.78, 5) is 12.1. The van der Waals surface area contributed by atoms with Gasteiger partial charge in [0.1, 0.15) is 5.75 Å². The molecule has 0 aliphatic heterocycles. The van der Waals surface area contributed by atoms with Crippen LogP contribution in [-0.2, 0) is 4.79 Å². The first kappa shape index (κ1) is 15.7. The van der Waals surface area contributed by atoms with Crippen molar-refractivity contribution in [2.45, 2.75) is 13.8 Å². The van der Waals surface area contributed by atoms with Crippen LogP contribution in [0.2, 0.25) is 0 Å². The second kappa shape index (κ2) is 6.95. The third-order valence-electron chi connectivity index (χ3n) is 3.58. The van der Waals surface area contributed by atoms with Gasteiger partial charge in [0.05, 0.1) is 0 Å². The Morgan fingerprint density at radius 1 is 1.12 bits per heavy atom. The third kappa shape index (κ3) is 3.60. The number of anilines is 1. The fourth-order valence-electron chi connectivity index (χ4n) is 2.33. The first-order valence-electron chi connectivity index (χ1n) is 7.49. The Morgan fingerprint density at radius 3 is 2.46 bits per heavy atom. The molecule has 1 amide bonds. The molecule has 0 radical (unpaired) electrons. The largest absolute Gasteiger partial charge is 0.484 e. The molecule has 3 aromatic rings. The summed E-state index contributed by atoms with van der Waals surface area (Å²) in [6, 6.07) is 13.0. The fraction of sp³-hybridized carbons (Fsp3) is 0.167. The van der Waals surface area contributed by atoms with E-state index in [1.165, 1.54) is 6.39 Å². The lowest BCUT2D eigenvalue weighted by Crippen LogP contribution is -2.21. The van der Waals surface area contributed by atoms with Gasteiger partial charge >= 0.3 is 0 Å². The highest BCUT2D eigenvalue weighted by molar-refractivity contribution is 5.93. The van der Waals surface area contributed by atoms with Crippen molar-refractivity contribution in [3.8, 4) is 17.2 Å². The number of nitrogens with zero attached hydrogens (tertiary/aromatic N) is 2. The Kier molecular flexibility index (Phi) is 4.56. The molecule has 2 aromatic carbocycles. The topological polar surface area (TPSA) is 77.2 Å². The molecular formula is C18H17N3O3. The maximum absolute atomic E-state index is 12.1. The van der Waals surface area contributed by atoms with Crippen LogP contribution in [0.15, 0.2) is 53.3 Å². The predicted octanol–water partition coefficient (Wildman–Crippen LogP) is 3.37. The molecule has 0 saturated carbocycles. The lowest BCUT2D eigenvalue weighted by Gasteiger charge is -2.12. The average Bonchev–Trinajstić information content (AvgIpc) is 3.11. The van der Waals surface area contributed by atoms with E-state index in [1.54, 1.807) is 24.3 Å². The Bertz CT molecular complexity index is 807. The number of hydrogen-bond donors (Lipinski definition) is 1. The lowest BCUT2D eigenvalue weighted by atomic mass is 10.1. The van der Waals surface area contributed by atoms with Crippen LogP contribution in [0.3, 0.4) is 0 Å². The third-order valence-corrected chi connectivity index (χ3v) is 3.58. The number of aromatic nitrogens is 2. The van der Waals surface area contributed by atoms with Gasteiger partial charge in [-0.3, -0.25) is 4.79 Å². The Labute approximate surface area is 139 Å². The first-order chi connectivity index (χ1) is 11.6. The quantitative estimate of drug-likeness (QED) is 0.779. The van der Waals surface area contributed by atoms with Crippen molar-refractivity contribution in [1.29, 1.82) is 0 Å².